The van der Waals surface area contributed by atoms with E-state index in [-0.39, 0.29) is 24.9 Å². The van der Waals surface area contributed by atoms with Crippen LogP contribution in [-0.4, -0.2) is 38.5 Å². The topological polar surface area (TPSA) is 62.6 Å². The van der Waals surface area contributed by atoms with Gasteiger partial charge >= 0.3 is 0 Å². The summed E-state index contributed by atoms with van der Waals surface area (Å²) in [6, 6.07) is 17.2. The molecule has 0 aliphatic carbocycles. The number of amides is 2. The summed E-state index contributed by atoms with van der Waals surface area (Å²) in [7, 11) is 1.82. The maximum Gasteiger partial charge on any atom is 0.279 e. The molecule has 0 saturated heterocycles. The minimum absolute atomic E-state index is 0.0626. The molecule has 144 valence electrons. The van der Waals surface area contributed by atoms with Gasteiger partial charge in [-0.2, -0.15) is 0 Å². The van der Waals surface area contributed by atoms with E-state index in [1.807, 2.05) is 31.3 Å². The van der Waals surface area contributed by atoms with Crippen LogP contribution < -0.4 is 15.5 Å². The molecule has 27 heavy (non-hydrogen) atoms. The number of para-hydroxylation sites is 1. The molecule has 0 fully saturated rings. The van der Waals surface area contributed by atoms with Crippen molar-refractivity contribution in [3.05, 3.63) is 65.2 Å². The molecule has 0 bridgehead atoms. The van der Waals surface area contributed by atoms with Crippen molar-refractivity contribution < 1.29 is 14.5 Å². The van der Waals surface area contributed by atoms with Crippen LogP contribution in [0.5, 0.6) is 0 Å². The lowest BCUT2D eigenvalue weighted by Gasteiger charge is -2.18. The molecule has 0 saturated carbocycles. The molecule has 0 heterocycles. The second-order valence-electron chi connectivity index (χ2n) is 6.66. The Morgan fingerprint density at radius 1 is 1.00 bits per heavy atom. The third-order valence-corrected chi connectivity index (χ3v) is 4.71. The lowest BCUT2D eigenvalue weighted by atomic mass is 9.96. The van der Waals surface area contributed by atoms with Gasteiger partial charge in [-0.05, 0) is 24.1 Å². The van der Waals surface area contributed by atoms with E-state index in [0.717, 1.165) is 11.3 Å². The average molecular weight is 389 g/mol. The fraction of sp³-hybridized carbons (Fsp3) is 0.333. The number of likely N-dealkylation sites (N-methyl/N-ethyl adjacent to an activating group) is 1. The lowest BCUT2D eigenvalue weighted by molar-refractivity contribution is -0.862. The zero-order valence-corrected chi connectivity index (χ0v) is 16.6. The molecule has 2 amide bonds. The van der Waals surface area contributed by atoms with Crippen molar-refractivity contribution in [3.63, 3.8) is 0 Å². The number of benzene rings is 2. The van der Waals surface area contributed by atoms with Crippen molar-refractivity contribution in [1.82, 2.24) is 5.32 Å². The SMILES string of the molecule is CC[C@H](CNC(=O)C[NH+](C)CC(=O)Nc1ccccc1Cl)c1ccccc1. The predicted molar refractivity (Wildman–Crippen MR) is 109 cm³/mol. The summed E-state index contributed by atoms with van der Waals surface area (Å²) >= 11 is 6.04. The summed E-state index contributed by atoms with van der Waals surface area (Å²) in [5, 5.41) is 6.25. The molecule has 3 N–H and O–H groups in total. The van der Waals surface area contributed by atoms with E-state index in [2.05, 4.69) is 29.7 Å². The number of quaternary nitrogens is 1. The van der Waals surface area contributed by atoms with Gasteiger partial charge in [0.05, 0.1) is 17.8 Å². The maximum absolute atomic E-state index is 12.2. The van der Waals surface area contributed by atoms with E-state index in [4.69, 9.17) is 11.6 Å². The first-order valence-electron chi connectivity index (χ1n) is 9.17. The largest absolute Gasteiger partial charge is 0.351 e. The van der Waals surface area contributed by atoms with E-state index in [0.29, 0.717) is 23.2 Å². The van der Waals surface area contributed by atoms with Gasteiger partial charge in [0.2, 0.25) is 0 Å². The van der Waals surface area contributed by atoms with Gasteiger partial charge in [0.25, 0.3) is 11.8 Å². The molecule has 0 spiro atoms. The van der Waals surface area contributed by atoms with Crippen LogP contribution in [0.15, 0.2) is 54.6 Å². The van der Waals surface area contributed by atoms with Crippen LogP contribution in [-0.2, 0) is 9.59 Å². The zero-order chi connectivity index (χ0) is 19.6. The van der Waals surface area contributed by atoms with Gasteiger partial charge in [0.1, 0.15) is 0 Å². The Kier molecular flexibility index (Phi) is 8.30. The Labute approximate surface area is 165 Å². The molecule has 2 aromatic rings. The normalized spacial score (nSPS) is 12.9. The average Bonchev–Trinajstić information content (AvgIpc) is 2.65. The van der Waals surface area contributed by atoms with Crippen LogP contribution in [0.2, 0.25) is 5.02 Å². The Hall–Kier alpha value is -2.37. The fourth-order valence-electron chi connectivity index (χ4n) is 2.89. The Morgan fingerprint density at radius 2 is 1.63 bits per heavy atom. The second kappa shape index (κ2) is 10.7. The summed E-state index contributed by atoms with van der Waals surface area (Å²) in [6.45, 7) is 3.13. The van der Waals surface area contributed by atoms with Crippen molar-refractivity contribution in [3.8, 4) is 0 Å². The molecule has 1 unspecified atom stereocenters. The third kappa shape index (κ3) is 7.04. The standard InChI is InChI=1S/C21H26ClN3O2/c1-3-16(17-9-5-4-6-10-17)13-23-20(26)14-25(2)15-21(27)24-19-12-8-7-11-18(19)22/h4-12,16H,3,13-15H2,1-2H3,(H,23,26)(H,24,27)/p+1/t16-/m1/s1. The molecule has 2 aromatic carbocycles. The van der Waals surface area contributed by atoms with Gasteiger partial charge in [0, 0.05) is 12.5 Å². The van der Waals surface area contributed by atoms with E-state index in [9.17, 15) is 9.59 Å². The minimum Gasteiger partial charge on any atom is -0.351 e. The van der Waals surface area contributed by atoms with Gasteiger partial charge in [-0.3, -0.25) is 9.59 Å². The summed E-state index contributed by atoms with van der Waals surface area (Å²) in [5.41, 5.74) is 1.80. The van der Waals surface area contributed by atoms with Crippen LogP contribution >= 0.6 is 11.6 Å². The maximum atomic E-state index is 12.2. The van der Waals surface area contributed by atoms with Gasteiger partial charge < -0.3 is 15.5 Å². The van der Waals surface area contributed by atoms with Crippen molar-refractivity contribution in [2.24, 2.45) is 0 Å². The molecule has 2 rings (SSSR count). The first kappa shape index (κ1) is 20.9. The highest BCUT2D eigenvalue weighted by atomic mass is 35.5. The summed E-state index contributed by atoms with van der Waals surface area (Å²) in [5.74, 6) is 0.0514. The second-order valence-corrected chi connectivity index (χ2v) is 7.07. The predicted octanol–water partition coefficient (Wildman–Crippen LogP) is 2.10. The van der Waals surface area contributed by atoms with Gasteiger partial charge in [-0.25, -0.2) is 0 Å². The number of carbonyl (C=O) groups is 2. The van der Waals surface area contributed by atoms with Crippen molar-refractivity contribution in [2.45, 2.75) is 19.3 Å². The van der Waals surface area contributed by atoms with Crippen LogP contribution in [0.4, 0.5) is 5.69 Å². The number of anilines is 1. The van der Waals surface area contributed by atoms with Crippen LogP contribution in [0.25, 0.3) is 0 Å². The smallest absolute Gasteiger partial charge is 0.279 e. The molecular formula is C21H27ClN3O2+. The molecule has 0 aliphatic heterocycles. The third-order valence-electron chi connectivity index (χ3n) is 4.38. The Balaban J connectivity index is 1.76. The number of hydrogen-bond acceptors (Lipinski definition) is 2. The fourth-order valence-corrected chi connectivity index (χ4v) is 3.07. The van der Waals surface area contributed by atoms with Crippen molar-refractivity contribution >= 4 is 29.1 Å². The quantitative estimate of drug-likeness (QED) is 0.616. The van der Waals surface area contributed by atoms with Crippen LogP contribution in [0, 0.1) is 0 Å². The highest BCUT2D eigenvalue weighted by Gasteiger charge is 2.16. The summed E-state index contributed by atoms with van der Waals surface area (Å²) in [6.07, 6.45) is 0.952. The number of carbonyl (C=O) groups excluding carboxylic acids is 2. The molecule has 2 atom stereocenters. The highest BCUT2D eigenvalue weighted by Crippen LogP contribution is 2.20. The number of hydrogen-bond donors (Lipinski definition) is 3. The van der Waals surface area contributed by atoms with E-state index >= 15 is 0 Å². The number of nitrogens with one attached hydrogen (secondary N) is 3. The van der Waals surface area contributed by atoms with Crippen molar-refractivity contribution in [1.29, 1.82) is 0 Å². The first-order valence-corrected chi connectivity index (χ1v) is 9.54. The molecule has 0 aromatic heterocycles. The van der Waals surface area contributed by atoms with Crippen molar-refractivity contribution in [2.75, 3.05) is 32.0 Å². The number of halogens is 1. The minimum atomic E-state index is -0.177. The Morgan fingerprint density at radius 3 is 2.30 bits per heavy atom. The first-order chi connectivity index (χ1) is 13.0. The van der Waals surface area contributed by atoms with E-state index in [1.54, 1.807) is 18.2 Å². The monoisotopic (exact) mass is 388 g/mol. The lowest BCUT2D eigenvalue weighted by Crippen LogP contribution is -3.11. The molecular weight excluding hydrogens is 362 g/mol. The molecule has 6 heteroatoms. The summed E-state index contributed by atoms with van der Waals surface area (Å²) in [4.78, 5) is 25.2. The van der Waals surface area contributed by atoms with Gasteiger partial charge in [0.15, 0.2) is 13.1 Å². The molecule has 5 nitrogen and oxygen atoms in total. The van der Waals surface area contributed by atoms with Crippen LogP contribution in [0.3, 0.4) is 0 Å². The number of rotatable bonds is 9. The van der Waals surface area contributed by atoms with Crippen LogP contribution in [0.1, 0.15) is 24.8 Å². The zero-order valence-electron chi connectivity index (χ0n) is 15.8. The Bertz CT molecular complexity index is 752. The molecule has 0 radical (unpaired) electrons. The highest BCUT2D eigenvalue weighted by molar-refractivity contribution is 6.33. The van der Waals surface area contributed by atoms with E-state index < -0.39 is 0 Å². The van der Waals surface area contributed by atoms with E-state index in [1.165, 1.54) is 5.56 Å². The molecule has 0 aliphatic rings. The summed E-state index contributed by atoms with van der Waals surface area (Å²) < 4.78 is 0. The van der Waals surface area contributed by atoms with Gasteiger partial charge in [-0.15, -0.1) is 0 Å². The van der Waals surface area contributed by atoms with Gasteiger partial charge in [-0.1, -0.05) is 61.0 Å².